The van der Waals surface area contributed by atoms with Crippen molar-refractivity contribution in [2.75, 3.05) is 31.1 Å². The van der Waals surface area contributed by atoms with E-state index in [2.05, 4.69) is 14.9 Å². The second-order valence-corrected chi connectivity index (χ2v) is 8.22. The summed E-state index contributed by atoms with van der Waals surface area (Å²) in [5.41, 5.74) is 2.97. The molecule has 0 radical (unpaired) electrons. The lowest BCUT2D eigenvalue weighted by atomic mass is 10.2. The van der Waals surface area contributed by atoms with E-state index in [1.807, 2.05) is 43.3 Å². The van der Waals surface area contributed by atoms with Gasteiger partial charge in [-0.25, -0.2) is 13.4 Å². The van der Waals surface area contributed by atoms with Gasteiger partial charge in [0, 0.05) is 26.2 Å². The van der Waals surface area contributed by atoms with E-state index in [-0.39, 0.29) is 0 Å². The van der Waals surface area contributed by atoms with Crippen LogP contribution in [0.5, 0.6) is 0 Å². The predicted molar refractivity (Wildman–Crippen MR) is 98.2 cm³/mol. The van der Waals surface area contributed by atoms with Crippen LogP contribution >= 0.6 is 0 Å². The van der Waals surface area contributed by atoms with E-state index in [0.717, 1.165) is 22.5 Å². The third kappa shape index (κ3) is 3.01. The zero-order valence-corrected chi connectivity index (χ0v) is 14.8. The number of nitrogens with one attached hydrogen (secondary N) is 1. The fraction of sp³-hybridized carbons (Fsp3) is 0.278. The quantitative estimate of drug-likeness (QED) is 0.782. The molecule has 6 nitrogen and oxygen atoms in total. The molecule has 7 heteroatoms. The molecule has 130 valence electrons. The number of rotatable bonds is 3. The van der Waals surface area contributed by atoms with Crippen molar-refractivity contribution in [3.8, 4) is 0 Å². The Morgan fingerprint density at radius 2 is 1.64 bits per heavy atom. The van der Waals surface area contributed by atoms with Crippen LogP contribution in [0, 0.1) is 6.92 Å². The highest BCUT2D eigenvalue weighted by Crippen LogP contribution is 2.22. The normalized spacial score (nSPS) is 16.4. The Balaban J connectivity index is 1.50. The van der Waals surface area contributed by atoms with Crippen LogP contribution in [0.25, 0.3) is 11.0 Å². The number of para-hydroxylation sites is 2. The number of piperazine rings is 1. The molecule has 1 fully saturated rings. The summed E-state index contributed by atoms with van der Waals surface area (Å²) in [6, 6.07) is 14.9. The van der Waals surface area contributed by atoms with Crippen molar-refractivity contribution in [2.45, 2.75) is 11.8 Å². The van der Waals surface area contributed by atoms with Crippen LogP contribution in [0.15, 0.2) is 53.4 Å². The first-order valence-corrected chi connectivity index (χ1v) is 9.74. The highest BCUT2D eigenvalue weighted by molar-refractivity contribution is 7.89. The molecule has 1 aliphatic rings. The van der Waals surface area contributed by atoms with Crippen LogP contribution in [0.2, 0.25) is 0 Å². The van der Waals surface area contributed by atoms with Crippen LogP contribution in [0.4, 0.5) is 5.95 Å². The number of aromatic amines is 1. The van der Waals surface area contributed by atoms with Gasteiger partial charge in [-0.15, -0.1) is 0 Å². The van der Waals surface area contributed by atoms with Gasteiger partial charge in [-0.05, 0) is 31.2 Å². The number of imidazole rings is 1. The second-order valence-electron chi connectivity index (χ2n) is 6.28. The number of hydrogen-bond acceptors (Lipinski definition) is 4. The largest absolute Gasteiger partial charge is 0.340 e. The maximum atomic E-state index is 12.8. The molecule has 1 N–H and O–H groups in total. The standard InChI is InChI=1S/C18H20N4O2S/c1-14-6-8-15(9-7-14)25(23,24)22-12-10-21(11-13-22)18-19-16-4-2-3-5-17(16)20-18/h2-9H,10-13H2,1H3,(H,19,20). The summed E-state index contributed by atoms with van der Waals surface area (Å²) >= 11 is 0. The van der Waals surface area contributed by atoms with Crippen LogP contribution in [0.1, 0.15) is 5.56 Å². The van der Waals surface area contributed by atoms with Crippen molar-refractivity contribution < 1.29 is 8.42 Å². The molecular weight excluding hydrogens is 336 g/mol. The van der Waals surface area contributed by atoms with Gasteiger partial charge in [-0.3, -0.25) is 0 Å². The number of H-pyrrole nitrogens is 1. The van der Waals surface area contributed by atoms with Gasteiger partial charge < -0.3 is 9.88 Å². The van der Waals surface area contributed by atoms with Crippen molar-refractivity contribution in [1.29, 1.82) is 0 Å². The first-order valence-electron chi connectivity index (χ1n) is 8.30. The third-order valence-electron chi connectivity index (χ3n) is 4.57. The minimum atomic E-state index is -3.43. The number of benzene rings is 2. The lowest BCUT2D eigenvalue weighted by Gasteiger charge is -2.33. The molecular formula is C18H20N4O2S. The molecule has 1 aliphatic heterocycles. The van der Waals surface area contributed by atoms with Crippen LogP contribution in [0.3, 0.4) is 0 Å². The van der Waals surface area contributed by atoms with Crippen LogP contribution in [-0.4, -0.2) is 48.9 Å². The molecule has 2 heterocycles. The smallest absolute Gasteiger partial charge is 0.243 e. The van der Waals surface area contributed by atoms with E-state index >= 15 is 0 Å². The molecule has 1 aromatic heterocycles. The minimum absolute atomic E-state index is 0.357. The number of fused-ring (bicyclic) bond motifs is 1. The van der Waals surface area contributed by atoms with Gasteiger partial charge in [0.2, 0.25) is 16.0 Å². The first kappa shape index (κ1) is 16.1. The van der Waals surface area contributed by atoms with Gasteiger partial charge in [0.25, 0.3) is 0 Å². The molecule has 1 saturated heterocycles. The van der Waals surface area contributed by atoms with Crippen molar-refractivity contribution >= 4 is 27.0 Å². The summed E-state index contributed by atoms with van der Waals surface area (Å²) in [7, 11) is -3.43. The molecule has 25 heavy (non-hydrogen) atoms. The Labute approximate surface area is 147 Å². The third-order valence-corrected chi connectivity index (χ3v) is 6.49. The molecule has 0 saturated carbocycles. The predicted octanol–water partition coefficient (Wildman–Crippen LogP) is 2.38. The van der Waals surface area contributed by atoms with Gasteiger partial charge in [0.15, 0.2) is 0 Å². The highest BCUT2D eigenvalue weighted by Gasteiger charge is 2.29. The molecule has 0 unspecified atom stereocenters. The molecule has 2 aromatic carbocycles. The van der Waals surface area contributed by atoms with E-state index in [1.165, 1.54) is 0 Å². The van der Waals surface area contributed by atoms with Gasteiger partial charge in [-0.1, -0.05) is 29.8 Å². The first-order chi connectivity index (χ1) is 12.0. The summed E-state index contributed by atoms with van der Waals surface area (Å²) in [4.78, 5) is 10.4. The summed E-state index contributed by atoms with van der Waals surface area (Å²) in [5, 5.41) is 0. The summed E-state index contributed by atoms with van der Waals surface area (Å²) in [5.74, 6) is 0.800. The average Bonchev–Trinajstić information content (AvgIpc) is 3.06. The molecule has 0 atom stereocenters. The Kier molecular flexibility index (Phi) is 3.97. The summed E-state index contributed by atoms with van der Waals surface area (Å²) in [6.07, 6.45) is 0. The maximum Gasteiger partial charge on any atom is 0.243 e. The Morgan fingerprint density at radius 1 is 0.960 bits per heavy atom. The van der Waals surface area contributed by atoms with Gasteiger partial charge >= 0.3 is 0 Å². The Bertz CT molecular complexity index is 954. The number of anilines is 1. The van der Waals surface area contributed by atoms with E-state index in [9.17, 15) is 8.42 Å². The fourth-order valence-corrected chi connectivity index (χ4v) is 4.51. The van der Waals surface area contributed by atoms with E-state index in [4.69, 9.17) is 0 Å². The van der Waals surface area contributed by atoms with E-state index < -0.39 is 10.0 Å². The van der Waals surface area contributed by atoms with Crippen molar-refractivity contribution in [3.63, 3.8) is 0 Å². The fourth-order valence-electron chi connectivity index (χ4n) is 3.09. The van der Waals surface area contributed by atoms with E-state index in [0.29, 0.717) is 31.1 Å². The molecule has 4 rings (SSSR count). The van der Waals surface area contributed by atoms with Crippen LogP contribution in [-0.2, 0) is 10.0 Å². The minimum Gasteiger partial charge on any atom is -0.340 e. The molecule has 0 bridgehead atoms. The topological polar surface area (TPSA) is 69.3 Å². The van der Waals surface area contributed by atoms with Crippen molar-refractivity contribution in [1.82, 2.24) is 14.3 Å². The lowest BCUT2D eigenvalue weighted by Crippen LogP contribution is -2.49. The monoisotopic (exact) mass is 356 g/mol. The maximum absolute atomic E-state index is 12.8. The lowest BCUT2D eigenvalue weighted by molar-refractivity contribution is 0.383. The number of aromatic nitrogens is 2. The van der Waals surface area contributed by atoms with E-state index in [1.54, 1.807) is 16.4 Å². The van der Waals surface area contributed by atoms with Gasteiger partial charge in [0.05, 0.1) is 15.9 Å². The second kappa shape index (κ2) is 6.16. The average molecular weight is 356 g/mol. The zero-order valence-electron chi connectivity index (χ0n) is 14.0. The number of hydrogen-bond donors (Lipinski definition) is 1. The number of aryl methyl sites for hydroxylation is 1. The zero-order chi connectivity index (χ0) is 17.4. The molecule has 0 spiro atoms. The van der Waals surface area contributed by atoms with Crippen LogP contribution < -0.4 is 4.90 Å². The molecule has 0 aliphatic carbocycles. The summed E-state index contributed by atoms with van der Waals surface area (Å²) < 4.78 is 27.1. The number of sulfonamides is 1. The number of nitrogens with zero attached hydrogens (tertiary/aromatic N) is 3. The van der Waals surface area contributed by atoms with Gasteiger partial charge in [0.1, 0.15) is 0 Å². The highest BCUT2D eigenvalue weighted by atomic mass is 32.2. The van der Waals surface area contributed by atoms with Crippen molar-refractivity contribution in [2.24, 2.45) is 0 Å². The van der Waals surface area contributed by atoms with Gasteiger partial charge in [-0.2, -0.15) is 4.31 Å². The van der Waals surface area contributed by atoms with Crippen molar-refractivity contribution in [3.05, 3.63) is 54.1 Å². The molecule has 0 amide bonds. The SMILES string of the molecule is Cc1ccc(S(=O)(=O)N2CCN(c3nc4ccccc4[nH]3)CC2)cc1. The summed E-state index contributed by atoms with van der Waals surface area (Å²) in [6.45, 7) is 4.08. The molecule has 3 aromatic rings. The Morgan fingerprint density at radius 3 is 2.32 bits per heavy atom. The Hall–Kier alpha value is -2.38.